The van der Waals surface area contributed by atoms with Crippen LogP contribution in [0.4, 0.5) is 0 Å². The SMILES string of the molecule is CCNC(=NCC(C)(O)c1cc(C)oc1C)NCCCC(=O)OC1CCCC1.I. The molecule has 0 bridgehead atoms. The first-order chi connectivity index (χ1) is 13.3. The molecule has 1 unspecified atom stereocenters. The first-order valence-corrected chi connectivity index (χ1v) is 10.3. The van der Waals surface area contributed by atoms with Gasteiger partial charge in [0.2, 0.25) is 0 Å². The van der Waals surface area contributed by atoms with Crippen molar-refractivity contribution in [2.45, 2.75) is 77.9 Å². The molecule has 1 aliphatic rings. The molecule has 1 atom stereocenters. The summed E-state index contributed by atoms with van der Waals surface area (Å²) in [5.41, 5.74) is -0.366. The minimum absolute atomic E-state index is 0. The smallest absolute Gasteiger partial charge is 0.306 e. The zero-order valence-corrected chi connectivity index (χ0v) is 20.4. The predicted molar refractivity (Wildman–Crippen MR) is 125 cm³/mol. The molecule has 1 fully saturated rings. The molecule has 3 N–H and O–H groups in total. The van der Waals surface area contributed by atoms with Crippen LogP contribution in [0.3, 0.4) is 0 Å². The van der Waals surface area contributed by atoms with Crippen molar-refractivity contribution in [3.05, 3.63) is 23.2 Å². The van der Waals surface area contributed by atoms with Crippen LogP contribution < -0.4 is 10.6 Å². The summed E-state index contributed by atoms with van der Waals surface area (Å²) >= 11 is 0. The number of nitrogens with one attached hydrogen (secondary N) is 2. The van der Waals surface area contributed by atoms with E-state index in [0.717, 1.165) is 37.0 Å². The third-order valence-electron chi connectivity index (χ3n) is 4.96. The first-order valence-electron chi connectivity index (χ1n) is 10.3. The summed E-state index contributed by atoms with van der Waals surface area (Å²) in [6, 6.07) is 1.85. The van der Waals surface area contributed by atoms with E-state index < -0.39 is 5.60 Å². The minimum atomic E-state index is -1.12. The predicted octanol–water partition coefficient (Wildman–Crippen LogP) is 3.54. The van der Waals surface area contributed by atoms with Gasteiger partial charge in [0.1, 0.15) is 23.2 Å². The largest absolute Gasteiger partial charge is 0.466 e. The van der Waals surface area contributed by atoms with Crippen LogP contribution in [0.2, 0.25) is 0 Å². The van der Waals surface area contributed by atoms with Crippen LogP contribution in [-0.2, 0) is 15.1 Å². The summed E-state index contributed by atoms with van der Waals surface area (Å²) in [4.78, 5) is 16.4. The Morgan fingerprint density at radius 2 is 2.03 bits per heavy atom. The normalized spacial score (nSPS) is 16.8. The number of aliphatic hydroxyl groups is 1. The van der Waals surface area contributed by atoms with Crippen molar-refractivity contribution in [2.24, 2.45) is 4.99 Å². The summed E-state index contributed by atoms with van der Waals surface area (Å²) < 4.78 is 11.0. The zero-order chi connectivity index (χ0) is 20.6. The van der Waals surface area contributed by atoms with E-state index in [-0.39, 0.29) is 42.6 Å². The Balaban J connectivity index is 0.00000420. The first kappa shape index (κ1) is 25.7. The maximum atomic E-state index is 11.9. The van der Waals surface area contributed by atoms with E-state index in [0.29, 0.717) is 37.7 Å². The highest BCUT2D eigenvalue weighted by Gasteiger charge is 2.27. The number of halogens is 1. The standard InChI is InChI=1S/C21H35N3O4.HI/c1-5-22-20(23-12-8-11-19(25)28-17-9-6-7-10-17)24-14-21(4,26)18-13-15(2)27-16(18)3;/h13,17,26H,5-12,14H2,1-4H3,(H2,22,23,24);1H. The fraction of sp³-hybridized carbons (Fsp3) is 0.714. The molecule has 166 valence electrons. The maximum Gasteiger partial charge on any atom is 0.306 e. The highest BCUT2D eigenvalue weighted by Crippen LogP contribution is 2.27. The molecule has 0 radical (unpaired) electrons. The number of ether oxygens (including phenoxy) is 1. The van der Waals surface area contributed by atoms with Crippen LogP contribution in [0, 0.1) is 13.8 Å². The topological polar surface area (TPSA) is 96.1 Å². The maximum absolute atomic E-state index is 11.9. The number of aryl methyl sites for hydroxylation is 2. The number of hydrogen-bond donors (Lipinski definition) is 3. The Kier molecular flexibility index (Phi) is 11.0. The van der Waals surface area contributed by atoms with Crippen LogP contribution in [0.15, 0.2) is 15.5 Å². The fourth-order valence-corrected chi connectivity index (χ4v) is 3.52. The van der Waals surface area contributed by atoms with Gasteiger partial charge in [0.15, 0.2) is 5.96 Å². The molecule has 7 nitrogen and oxygen atoms in total. The van der Waals surface area contributed by atoms with E-state index in [4.69, 9.17) is 9.15 Å². The van der Waals surface area contributed by atoms with Gasteiger partial charge in [-0.1, -0.05) is 0 Å². The van der Waals surface area contributed by atoms with Gasteiger partial charge in [-0.05, 0) is 65.9 Å². The lowest BCUT2D eigenvalue weighted by Crippen LogP contribution is -2.39. The number of guanidine groups is 1. The molecule has 8 heteroatoms. The molecular formula is C21H36IN3O4. The molecule has 0 amide bonds. The number of esters is 1. The van der Waals surface area contributed by atoms with E-state index in [1.54, 1.807) is 6.92 Å². The number of nitrogens with zero attached hydrogens (tertiary/aromatic N) is 1. The lowest BCUT2D eigenvalue weighted by atomic mass is 9.96. The molecule has 0 saturated heterocycles. The van der Waals surface area contributed by atoms with Gasteiger partial charge in [-0.15, -0.1) is 24.0 Å². The second kappa shape index (κ2) is 12.4. The molecule has 1 saturated carbocycles. The monoisotopic (exact) mass is 521 g/mol. The van der Waals surface area contributed by atoms with E-state index in [2.05, 4.69) is 15.6 Å². The number of aliphatic imine (C=N–C) groups is 1. The van der Waals surface area contributed by atoms with Crippen molar-refractivity contribution in [3.8, 4) is 0 Å². The number of rotatable bonds is 9. The van der Waals surface area contributed by atoms with Gasteiger partial charge in [0, 0.05) is 25.1 Å². The molecule has 2 rings (SSSR count). The molecule has 29 heavy (non-hydrogen) atoms. The highest BCUT2D eigenvalue weighted by molar-refractivity contribution is 14.0. The van der Waals surface area contributed by atoms with Crippen LogP contribution in [-0.4, -0.2) is 42.8 Å². The average Bonchev–Trinajstić information content (AvgIpc) is 3.25. The summed E-state index contributed by atoms with van der Waals surface area (Å²) in [5.74, 6) is 1.97. The molecule has 1 aromatic heterocycles. The molecule has 0 aliphatic heterocycles. The number of carbonyl (C=O) groups is 1. The van der Waals surface area contributed by atoms with Crippen molar-refractivity contribution in [2.75, 3.05) is 19.6 Å². The summed E-state index contributed by atoms with van der Waals surface area (Å²) in [7, 11) is 0. The molecule has 0 spiro atoms. The Bertz CT molecular complexity index is 667. The molecule has 1 heterocycles. The number of hydrogen-bond acceptors (Lipinski definition) is 5. The van der Waals surface area contributed by atoms with Gasteiger partial charge in [-0.25, -0.2) is 4.99 Å². The van der Waals surface area contributed by atoms with Crippen molar-refractivity contribution < 1.29 is 19.1 Å². The van der Waals surface area contributed by atoms with Gasteiger partial charge in [0.25, 0.3) is 0 Å². The van der Waals surface area contributed by atoms with Crippen LogP contribution in [0.1, 0.15) is 69.5 Å². The second-order valence-corrected chi connectivity index (χ2v) is 7.72. The lowest BCUT2D eigenvalue weighted by molar-refractivity contribution is -0.148. The van der Waals surface area contributed by atoms with E-state index >= 15 is 0 Å². The van der Waals surface area contributed by atoms with Crippen LogP contribution in [0.25, 0.3) is 0 Å². The minimum Gasteiger partial charge on any atom is -0.466 e. The van der Waals surface area contributed by atoms with Crippen molar-refractivity contribution in [1.29, 1.82) is 0 Å². The van der Waals surface area contributed by atoms with Crippen molar-refractivity contribution in [3.63, 3.8) is 0 Å². The number of furan rings is 1. The highest BCUT2D eigenvalue weighted by atomic mass is 127. The molecule has 1 aliphatic carbocycles. The van der Waals surface area contributed by atoms with Gasteiger partial charge >= 0.3 is 5.97 Å². The summed E-state index contributed by atoms with van der Waals surface area (Å²) in [6.45, 7) is 8.94. The average molecular weight is 521 g/mol. The van der Waals surface area contributed by atoms with E-state index in [1.165, 1.54) is 0 Å². The second-order valence-electron chi connectivity index (χ2n) is 7.72. The Hall–Kier alpha value is -1.29. The summed E-state index contributed by atoms with van der Waals surface area (Å²) in [6.07, 6.45) is 5.50. The fourth-order valence-electron chi connectivity index (χ4n) is 3.52. The molecular weight excluding hydrogens is 485 g/mol. The Morgan fingerprint density at radius 1 is 1.34 bits per heavy atom. The zero-order valence-electron chi connectivity index (χ0n) is 18.0. The molecule has 1 aromatic rings. The van der Waals surface area contributed by atoms with Crippen LogP contribution >= 0.6 is 24.0 Å². The third kappa shape index (κ3) is 8.54. The summed E-state index contributed by atoms with van der Waals surface area (Å²) in [5, 5.41) is 17.2. The van der Waals surface area contributed by atoms with Crippen molar-refractivity contribution >= 4 is 35.9 Å². The van der Waals surface area contributed by atoms with Gasteiger partial charge in [-0.2, -0.15) is 0 Å². The van der Waals surface area contributed by atoms with Gasteiger partial charge in [-0.3, -0.25) is 4.79 Å². The Morgan fingerprint density at radius 3 is 2.62 bits per heavy atom. The van der Waals surface area contributed by atoms with Gasteiger partial charge < -0.3 is 24.9 Å². The molecule has 0 aromatic carbocycles. The number of carbonyl (C=O) groups excluding carboxylic acids is 1. The van der Waals surface area contributed by atoms with E-state index in [9.17, 15) is 9.90 Å². The lowest BCUT2D eigenvalue weighted by Gasteiger charge is -2.21. The quantitative estimate of drug-likeness (QED) is 0.151. The van der Waals surface area contributed by atoms with Crippen molar-refractivity contribution in [1.82, 2.24) is 10.6 Å². The van der Waals surface area contributed by atoms with E-state index in [1.807, 2.05) is 26.8 Å². The van der Waals surface area contributed by atoms with Crippen LogP contribution in [0.5, 0.6) is 0 Å². The van der Waals surface area contributed by atoms with Gasteiger partial charge in [0.05, 0.1) is 6.54 Å². The third-order valence-corrected chi connectivity index (χ3v) is 4.96. The Labute approximate surface area is 191 Å².